The van der Waals surface area contributed by atoms with Crippen LogP contribution in [0, 0.1) is 5.82 Å². The lowest BCUT2D eigenvalue weighted by atomic mass is 10.2. The van der Waals surface area contributed by atoms with Crippen molar-refractivity contribution in [1.82, 2.24) is 9.55 Å². The maximum absolute atomic E-state index is 13.2. The third kappa shape index (κ3) is 4.21. The fourth-order valence-electron chi connectivity index (χ4n) is 2.97. The Morgan fingerprint density at radius 3 is 2.78 bits per heavy atom. The monoisotopic (exact) mass is 386 g/mol. The zero-order chi connectivity index (χ0) is 18.6. The van der Waals surface area contributed by atoms with Crippen molar-refractivity contribution in [1.29, 1.82) is 0 Å². The molecule has 0 bridgehead atoms. The minimum Gasteiger partial charge on any atom is -0.355 e. The summed E-state index contributed by atoms with van der Waals surface area (Å²) in [5.41, 5.74) is 1.42. The summed E-state index contributed by atoms with van der Waals surface area (Å²) < 4.78 is 25.7. The van der Waals surface area contributed by atoms with E-state index in [1.165, 1.54) is 23.9 Å². The average Bonchev–Trinajstić information content (AvgIpc) is 2.71. The smallest absolute Gasteiger partial charge is 0.262 e. The number of fused-ring (bicyclic) bond motifs is 1. The Bertz CT molecular complexity index is 985. The summed E-state index contributed by atoms with van der Waals surface area (Å²) in [7, 11) is 0. The number of aromatic nitrogens is 2. The summed E-state index contributed by atoms with van der Waals surface area (Å²) >= 11 is 1.50. The molecule has 7 heteroatoms. The molecule has 0 aliphatic carbocycles. The maximum Gasteiger partial charge on any atom is 0.262 e. The molecule has 0 unspecified atom stereocenters. The van der Waals surface area contributed by atoms with Crippen molar-refractivity contribution in [2.75, 3.05) is 19.2 Å². The van der Waals surface area contributed by atoms with Crippen molar-refractivity contribution in [2.45, 2.75) is 24.2 Å². The van der Waals surface area contributed by atoms with Crippen LogP contribution in [0.4, 0.5) is 4.39 Å². The number of para-hydroxylation sites is 1. The normalized spacial score (nSPS) is 17.3. The molecule has 0 N–H and O–H groups in total. The first-order valence-electron chi connectivity index (χ1n) is 8.77. The van der Waals surface area contributed by atoms with Crippen LogP contribution in [0.2, 0.25) is 0 Å². The Kier molecular flexibility index (Phi) is 5.52. The highest BCUT2D eigenvalue weighted by molar-refractivity contribution is 7.99. The number of nitrogens with zero attached hydrogens (tertiary/aromatic N) is 2. The minimum absolute atomic E-state index is 0.0754. The third-order valence-electron chi connectivity index (χ3n) is 4.45. The first-order chi connectivity index (χ1) is 13.2. The van der Waals surface area contributed by atoms with Crippen LogP contribution in [-0.2, 0) is 16.0 Å². The van der Waals surface area contributed by atoms with Gasteiger partial charge < -0.3 is 9.47 Å². The number of benzene rings is 2. The summed E-state index contributed by atoms with van der Waals surface area (Å²) in [5.74, 6) is 0.395. The molecule has 1 saturated heterocycles. The van der Waals surface area contributed by atoms with Crippen molar-refractivity contribution in [3.8, 4) is 0 Å². The van der Waals surface area contributed by atoms with Crippen LogP contribution < -0.4 is 5.56 Å². The number of halogens is 1. The third-order valence-corrected chi connectivity index (χ3v) is 5.56. The molecule has 0 saturated carbocycles. The second-order valence-electron chi connectivity index (χ2n) is 6.34. The van der Waals surface area contributed by atoms with Crippen LogP contribution in [0.3, 0.4) is 0 Å². The summed E-state index contributed by atoms with van der Waals surface area (Å²) in [6.45, 7) is 1.32. The van der Waals surface area contributed by atoms with Gasteiger partial charge in [-0.15, -0.1) is 0 Å². The predicted molar refractivity (Wildman–Crippen MR) is 103 cm³/mol. The summed E-state index contributed by atoms with van der Waals surface area (Å²) in [5, 5.41) is 1.21. The highest BCUT2D eigenvalue weighted by Crippen LogP contribution is 2.22. The Labute approximate surface area is 160 Å². The summed E-state index contributed by atoms with van der Waals surface area (Å²) in [4.78, 5) is 17.8. The lowest BCUT2D eigenvalue weighted by Gasteiger charge is -2.22. The van der Waals surface area contributed by atoms with E-state index in [0.29, 0.717) is 41.8 Å². The van der Waals surface area contributed by atoms with Crippen LogP contribution >= 0.6 is 11.8 Å². The van der Waals surface area contributed by atoms with Crippen molar-refractivity contribution in [3.05, 3.63) is 70.3 Å². The molecule has 0 spiro atoms. The first kappa shape index (κ1) is 18.2. The maximum atomic E-state index is 13.2. The van der Waals surface area contributed by atoms with Crippen LogP contribution in [0.15, 0.2) is 58.5 Å². The molecule has 1 aliphatic rings. The topological polar surface area (TPSA) is 53.4 Å². The molecule has 2 aromatic carbocycles. The van der Waals surface area contributed by atoms with Crippen LogP contribution in [0.1, 0.15) is 12.0 Å². The largest absolute Gasteiger partial charge is 0.355 e. The summed E-state index contributed by atoms with van der Waals surface area (Å²) in [6, 6.07) is 13.5. The molecule has 2 heterocycles. The SMILES string of the molecule is O=c1c2ccccc2nc(SC[C@H]2CCOCO2)n1Cc1ccc(F)cc1. The highest BCUT2D eigenvalue weighted by atomic mass is 32.2. The van der Waals surface area contributed by atoms with E-state index in [9.17, 15) is 9.18 Å². The van der Waals surface area contributed by atoms with Gasteiger partial charge in [0.1, 0.15) is 12.6 Å². The molecule has 0 radical (unpaired) electrons. The molecule has 140 valence electrons. The molecule has 0 amide bonds. The van der Waals surface area contributed by atoms with Gasteiger partial charge in [-0.1, -0.05) is 36.0 Å². The van der Waals surface area contributed by atoms with Crippen molar-refractivity contribution >= 4 is 22.7 Å². The van der Waals surface area contributed by atoms with Crippen molar-refractivity contribution in [2.24, 2.45) is 0 Å². The number of hydrogen-bond acceptors (Lipinski definition) is 5. The molecular formula is C20H19FN2O3S. The van der Waals surface area contributed by atoms with Crippen LogP contribution in [0.25, 0.3) is 10.9 Å². The quantitative estimate of drug-likeness (QED) is 0.497. The lowest BCUT2D eigenvalue weighted by molar-refractivity contribution is -0.130. The molecule has 1 aromatic heterocycles. The van der Waals surface area contributed by atoms with Gasteiger partial charge in [0.2, 0.25) is 0 Å². The Hall–Kier alpha value is -2.22. The molecule has 1 atom stereocenters. The van der Waals surface area contributed by atoms with Gasteiger partial charge in [0.25, 0.3) is 5.56 Å². The van der Waals surface area contributed by atoms with E-state index in [2.05, 4.69) is 0 Å². The van der Waals surface area contributed by atoms with E-state index >= 15 is 0 Å². The molecular weight excluding hydrogens is 367 g/mol. The fourth-order valence-corrected chi connectivity index (χ4v) is 4.03. The molecule has 4 rings (SSSR count). The highest BCUT2D eigenvalue weighted by Gasteiger charge is 2.18. The number of ether oxygens (including phenoxy) is 2. The molecule has 27 heavy (non-hydrogen) atoms. The molecule has 3 aromatic rings. The standard InChI is InChI=1S/C20H19FN2O3S/c21-15-7-5-14(6-8-15)11-23-19(24)17-3-1-2-4-18(17)22-20(23)27-12-16-9-10-25-13-26-16/h1-8,16H,9-13H2/t16-/m1/s1. The van der Waals surface area contributed by atoms with Gasteiger partial charge in [0, 0.05) is 5.75 Å². The van der Waals surface area contributed by atoms with Crippen molar-refractivity contribution in [3.63, 3.8) is 0 Å². The van der Waals surface area contributed by atoms with Gasteiger partial charge in [0.15, 0.2) is 5.16 Å². The predicted octanol–water partition coefficient (Wildman–Crippen LogP) is 3.44. The zero-order valence-electron chi connectivity index (χ0n) is 14.6. The Balaban J connectivity index is 1.68. The van der Waals surface area contributed by atoms with Gasteiger partial charge in [-0.2, -0.15) is 0 Å². The lowest BCUT2D eigenvalue weighted by Crippen LogP contribution is -2.27. The van der Waals surface area contributed by atoms with E-state index in [0.717, 1.165) is 12.0 Å². The molecule has 5 nitrogen and oxygen atoms in total. The van der Waals surface area contributed by atoms with Gasteiger partial charge in [-0.05, 0) is 36.2 Å². The number of hydrogen-bond donors (Lipinski definition) is 0. The fraction of sp³-hybridized carbons (Fsp3) is 0.300. The van der Waals surface area contributed by atoms with Gasteiger partial charge in [-0.25, -0.2) is 9.37 Å². The first-order valence-corrected chi connectivity index (χ1v) is 9.75. The van der Waals surface area contributed by atoms with Crippen LogP contribution in [-0.4, -0.2) is 34.8 Å². The van der Waals surface area contributed by atoms with Crippen LogP contribution in [0.5, 0.6) is 0 Å². The zero-order valence-corrected chi connectivity index (χ0v) is 15.5. The van der Waals surface area contributed by atoms with E-state index in [4.69, 9.17) is 14.5 Å². The van der Waals surface area contributed by atoms with Gasteiger partial charge >= 0.3 is 0 Å². The second kappa shape index (κ2) is 8.21. The van der Waals surface area contributed by atoms with E-state index in [1.54, 1.807) is 22.8 Å². The number of rotatable bonds is 5. The Morgan fingerprint density at radius 2 is 2.00 bits per heavy atom. The van der Waals surface area contributed by atoms with Gasteiger partial charge in [-0.3, -0.25) is 9.36 Å². The number of thioether (sulfide) groups is 1. The average molecular weight is 386 g/mol. The van der Waals surface area contributed by atoms with E-state index in [-0.39, 0.29) is 17.5 Å². The van der Waals surface area contributed by atoms with E-state index in [1.807, 2.05) is 18.2 Å². The second-order valence-corrected chi connectivity index (χ2v) is 7.33. The van der Waals surface area contributed by atoms with Gasteiger partial charge in [0.05, 0.1) is 30.2 Å². The van der Waals surface area contributed by atoms with E-state index < -0.39 is 0 Å². The molecule has 1 fully saturated rings. The molecule has 1 aliphatic heterocycles. The van der Waals surface area contributed by atoms with Crippen molar-refractivity contribution < 1.29 is 13.9 Å². The minimum atomic E-state index is -0.297. The summed E-state index contributed by atoms with van der Waals surface area (Å²) in [6.07, 6.45) is 0.898. The Morgan fingerprint density at radius 1 is 1.19 bits per heavy atom.